The summed E-state index contributed by atoms with van der Waals surface area (Å²) in [6.45, 7) is 1.92. The molecule has 3 saturated heterocycles. The predicted molar refractivity (Wildman–Crippen MR) is 120 cm³/mol. The van der Waals surface area contributed by atoms with Gasteiger partial charge in [-0.1, -0.05) is 35.5 Å². The first kappa shape index (κ1) is 21.8. The molecule has 1 aromatic carbocycles. The van der Waals surface area contributed by atoms with Crippen LogP contribution in [0.2, 0.25) is 0 Å². The molecule has 3 aliphatic rings. The number of nitrogens with zero attached hydrogens (tertiary/aromatic N) is 2. The van der Waals surface area contributed by atoms with Crippen LogP contribution in [0.4, 0.5) is 0 Å². The SMILES string of the molecule is NC(=O)C(c1ccon1)[N+]12CCC(CC1)[C@@H](OC(=O)C(O)(c1ccccc1)c1ccsc1)C2. The number of rotatable bonds is 7. The monoisotopic (exact) mass is 468 g/mol. The Morgan fingerprint density at radius 1 is 1.18 bits per heavy atom. The summed E-state index contributed by atoms with van der Waals surface area (Å²) in [5, 5.41) is 19.2. The van der Waals surface area contributed by atoms with E-state index >= 15 is 0 Å². The van der Waals surface area contributed by atoms with E-state index < -0.39 is 29.6 Å². The second-order valence-electron chi connectivity index (χ2n) is 8.95. The van der Waals surface area contributed by atoms with Crippen LogP contribution in [0.5, 0.6) is 0 Å². The lowest BCUT2D eigenvalue weighted by Crippen LogP contribution is -2.67. The van der Waals surface area contributed by atoms with Gasteiger partial charge in [-0.15, -0.1) is 0 Å². The smallest absolute Gasteiger partial charge is 0.348 e. The van der Waals surface area contributed by atoms with Gasteiger partial charge in [0.05, 0.1) is 13.1 Å². The van der Waals surface area contributed by atoms with Crippen LogP contribution in [-0.4, -0.2) is 52.4 Å². The zero-order valence-electron chi connectivity index (χ0n) is 18.0. The first-order valence-corrected chi connectivity index (χ1v) is 12.0. The second-order valence-corrected chi connectivity index (χ2v) is 9.73. The van der Waals surface area contributed by atoms with Gasteiger partial charge in [0.15, 0.2) is 11.8 Å². The number of amides is 1. The van der Waals surface area contributed by atoms with Gasteiger partial charge in [-0.05, 0) is 22.4 Å². The molecule has 2 bridgehead atoms. The van der Waals surface area contributed by atoms with Crippen molar-refractivity contribution in [2.75, 3.05) is 19.6 Å². The van der Waals surface area contributed by atoms with Crippen molar-refractivity contribution in [3.63, 3.8) is 0 Å². The predicted octanol–water partition coefficient (Wildman–Crippen LogP) is 2.35. The van der Waals surface area contributed by atoms with Crippen molar-refractivity contribution >= 4 is 23.2 Å². The minimum Gasteiger partial charge on any atom is -0.453 e. The fraction of sp³-hybridized carbons (Fsp3) is 0.375. The highest BCUT2D eigenvalue weighted by atomic mass is 32.1. The molecular formula is C24H26N3O5S+. The van der Waals surface area contributed by atoms with Crippen LogP contribution in [-0.2, 0) is 19.9 Å². The number of aliphatic hydroxyl groups is 1. The van der Waals surface area contributed by atoms with E-state index in [1.165, 1.54) is 17.6 Å². The van der Waals surface area contributed by atoms with Gasteiger partial charge in [-0.3, -0.25) is 4.79 Å². The second kappa shape index (κ2) is 8.40. The third kappa shape index (κ3) is 3.66. The number of quaternary nitrogens is 1. The Balaban J connectivity index is 1.44. The fourth-order valence-corrected chi connectivity index (χ4v) is 6.19. The highest BCUT2D eigenvalue weighted by molar-refractivity contribution is 7.08. The van der Waals surface area contributed by atoms with E-state index in [9.17, 15) is 14.7 Å². The normalized spacial score (nSPS) is 26.9. The summed E-state index contributed by atoms with van der Waals surface area (Å²) in [4.78, 5) is 26.0. The lowest BCUT2D eigenvalue weighted by Gasteiger charge is -2.54. The molecule has 8 nitrogen and oxygen atoms in total. The number of fused-ring (bicyclic) bond motifs is 3. The number of thiophene rings is 1. The van der Waals surface area contributed by atoms with Crippen molar-refractivity contribution in [1.82, 2.24) is 5.16 Å². The van der Waals surface area contributed by atoms with E-state index in [4.69, 9.17) is 15.0 Å². The molecule has 5 heterocycles. The summed E-state index contributed by atoms with van der Waals surface area (Å²) in [6, 6.07) is 11.6. The Bertz CT molecular complexity index is 1110. The van der Waals surface area contributed by atoms with Gasteiger partial charge in [0.25, 0.3) is 5.91 Å². The number of carbonyl (C=O) groups excluding carboxylic acids is 2. The van der Waals surface area contributed by atoms with E-state index in [0.29, 0.717) is 27.8 Å². The van der Waals surface area contributed by atoms with E-state index in [0.717, 1.165) is 25.9 Å². The Labute approximate surface area is 195 Å². The summed E-state index contributed by atoms with van der Waals surface area (Å²) >= 11 is 1.40. The molecule has 1 amide bonds. The largest absolute Gasteiger partial charge is 0.453 e. The average Bonchev–Trinajstić information content (AvgIpc) is 3.54. The quantitative estimate of drug-likeness (QED) is 0.406. The van der Waals surface area contributed by atoms with E-state index in [2.05, 4.69) is 5.16 Å². The molecule has 3 fully saturated rings. The van der Waals surface area contributed by atoms with Gasteiger partial charge in [0, 0.05) is 30.4 Å². The first-order chi connectivity index (χ1) is 15.9. The summed E-state index contributed by atoms with van der Waals surface area (Å²) in [6.07, 6.45) is 2.57. The molecule has 3 atom stereocenters. The van der Waals surface area contributed by atoms with Gasteiger partial charge in [-0.2, -0.15) is 11.3 Å². The summed E-state index contributed by atoms with van der Waals surface area (Å²) in [5.74, 6) is -1.02. The average molecular weight is 469 g/mol. The van der Waals surface area contributed by atoms with Gasteiger partial charge in [-0.25, -0.2) is 4.79 Å². The van der Waals surface area contributed by atoms with Crippen LogP contribution in [0.25, 0.3) is 0 Å². The third-order valence-electron chi connectivity index (χ3n) is 7.20. The maximum absolute atomic E-state index is 13.6. The molecule has 33 heavy (non-hydrogen) atoms. The molecule has 0 aliphatic carbocycles. The van der Waals surface area contributed by atoms with Crippen LogP contribution < -0.4 is 5.73 Å². The van der Waals surface area contributed by atoms with Gasteiger partial charge in [0.1, 0.15) is 12.8 Å². The van der Waals surface area contributed by atoms with Crippen molar-refractivity contribution in [2.45, 2.75) is 30.6 Å². The number of ether oxygens (including phenoxy) is 1. The molecular weight excluding hydrogens is 442 g/mol. The van der Waals surface area contributed by atoms with Crippen molar-refractivity contribution in [1.29, 1.82) is 0 Å². The Morgan fingerprint density at radius 3 is 2.55 bits per heavy atom. The topological polar surface area (TPSA) is 116 Å². The summed E-state index contributed by atoms with van der Waals surface area (Å²) < 4.78 is 11.4. The zero-order chi connectivity index (χ0) is 23.1. The summed E-state index contributed by atoms with van der Waals surface area (Å²) in [7, 11) is 0. The Kier molecular flexibility index (Phi) is 5.55. The van der Waals surface area contributed by atoms with Gasteiger partial charge in [0.2, 0.25) is 11.6 Å². The molecule has 0 spiro atoms. The Hall–Kier alpha value is -3.01. The summed E-state index contributed by atoms with van der Waals surface area (Å²) in [5.41, 5.74) is 5.33. The lowest BCUT2D eigenvalue weighted by molar-refractivity contribution is -0.965. The molecule has 3 aliphatic heterocycles. The lowest BCUT2D eigenvalue weighted by atomic mass is 9.81. The van der Waals surface area contributed by atoms with Crippen molar-refractivity contribution in [3.05, 3.63) is 76.3 Å². The van der Waals surface area contributed by atoms with Crippen LogP contribution >= 0.6 is 11.3 Å². The molecule has 6 rings (SSSR count). The van der Waals surface area contributed by atoms with E-state index in [-0.39, 0.29) is 5.92 Å². The molecule has 0 radical (unpaired) electrons. The number of nitrogens with two attached hydrogens (primary N) is 1. The van der Waals surface area contributed by atoms with Crippen LogP contribution in [0.3, 0.4) is 0 Å². The molecule has 2 aromatic heterocycles. The van der Waals surface area contributed by atoms with Gasteiger partial charge >= 0.3 is 5.97 Å². The number of carbonyl (C=O) groups is 2. The Morgan fingerprint density at radius 2 is 1.94 bits per heavy atom. The number of aromatic nitrogens is 1. The molecule has 0 saturated carbocycles. The number of hydrogen-bond acceptors (Lipinski definition) is 7. The molecule has 9 heteroatoms. The highest BCUT2D eigenvalue weighted by Gasteiger charge is 2.55. The number of piperidine rings is 3. The number of hydrogen-bond donors (Lipinski definition) is 2. The fourth-order valence-electron chi connectivity index (χ4n) is 5.49. The molecule has 3 aromatic rings. The number of primary amides is 1. The maximum Gasteiger partial charge on any atom is 0.348 e. The maximum atomic E-state index is 13.6. The van der Waals surface area contributed by atoms with Crippen molar-refractivity contribution < 1.29 is 28.4 Å². The first-order valence-electron chi connectivity index (χ1n) is 11.0. The minimum absolute atomic E-state index is 0.169. The highest BCUT2D eigenvalue weighted by Crippen LogP contribution is 2.43. The number of esters is 1. The third-order valence-corrected chi connectivity index (χ3v) is 7.88. The minimum atomic E-state index is -1.91. The molecule has 2 unspecified atom stereocenters. The van der Waals surface area contributed by atoms with E-state index in [1.807, 2.05) is 11.4 Å². The van der Waals surface area contributed by atoms with E-state index in [1.54, 1.807) is 41.8 Å². The van der Waals surface area contributed by atoms with Crippen LogP contribution in [0, 0.1) is 5.92 Å². The zero-order valence-corrected chi connectivity index (χ0v) is 18.8. The van der Waals surface area contributed by atoms with Crippen molar-refractivity contribution in [2.24, 2.45) is 11.7 Å². The van der Waals surface area contributed by atoms with Gasteiger partial charge < -0.3 is 24.6 Å². The number of benzene rings is 1. The van der Waals surface area contributed by atoms with Crippen molar-refractivity contribution in [3.8, 4) is 0 Å². The van der Waals surface area contributed by atoms with Crippen LogP contribution in [0.15, 0.2) is 64.0 Å². The molecule has 172 valence electrons. The molecule has 3 N–H and O–H groups in total. The van der Waals surface area contributed by atoms with Crippen LogP contribution in [0.1, 0.15) is 35.7 Å². The standard InChI is InChI=1S/C24H25N3O5S/c25-22(28)21(19-8-12-31-26-19)27-10-6-16(7-11-27)20(14-27)32-23(29)24(30,18-9-13-33-15-18)17-4-2-1-3-5-17/h1-5,8-9,12-13,15-16,20-21,30H,6-7,10-11,14H2,(H-,25,28)/p+1/t16?,20-,21?,24?,27?/m0/s1.